The van der Waals surface area contributed by atoms with Gasteiger partial charge in [-0.1, -0.05) is 6.07 Å². The predicted molar refractivity (Wildman–Crippen MR) is 57.3 cm³/mol. The number of hydrogen-bond acceptors (Lipinski definition) is 4. The van der Waals surface area contributed by atoms with E-state index in [1.165, 1.54) is 7.11 Å². The molecule has 0 saturated carbocycles. The Labute approximate surface area is 89.7 Å². The largest absolute Gasteiger partial charge is 0.469 e. The van der Waals surface area contributed by atoms with Crippen LogP contribution < -0.4 is 5.32 Å². The van der Waals surface area contributed by atoms with Gasteiger partial charge in [-0.15, -0.1) is 0 Å². The average Bonchev–Trinajstić information content (AvgIpc) is 2.29. The minimum absolute atomic E-state index is 0.149. The van der Waals surface area contributed by atoms with Gasteiger partial charge in [0.15, 0.2) is 0 Å². The molecule has 4 heteroatoms. The molecule has 1 aromatic heterocycles. The van der Waals surface area contributed by atoms with Crippen molar-refractivity contribution in [1.82, 2.24) is 10.3 Å². The number of aromatic nitrogens is 1. The molecule has 1 rings (SSSR count). The van der Waals surface area contributed by atoms with E-state index >= 15 is 0 Å². The Morgan fingerprint density at radius 3 is 3.00 bits per heavy atom. The number of nitrogens with one attached hydrogen (secondary N) is 1. The van der Waals surface area contributed by atoms with Crippen molar-refractivity contribution in [3.8, 4) is 0 Å². The van der Waals surface area contributed by atoms with Crippen LogP contribution in [0, 0.1) is 0 Å². The van der Waals surface area contributed by atoms with Gasteiger partial charge < -0.3 is 10.1 Å². The van der Waals surface area contributed by atoms with Crippen LogP contribution in [0.3, 0.4) is 0 Å². The Kier molecular flexibility index (Phi) is 4.77. The van der Waals surface area contributed by atoms with Gasteiger partial charge in [-0.05, 0) is 19.1 Å². The molecule has 1 heterocycles. The van der Waals surface area contributed by atoms with E-state index in [-0.39, 0.29) is 12.0 Å². The number of carbonyl (C=O) groups is 1. The second kappa shape index (κ2) is 6.14. The minimum Gasteiger partial charge on any atom is -0.469 e. The zero-order valence-corrected chi connectivity index (χ0v) is 9.06. The molecule has 0 saturated heterocycles. The zero-order chi connectivity index (χ0) is 11.1. The number of rotatable bonds is 5. The lowest BCUT2D eigenvalue weighted by Gasteiger charge is -2.12. The first-order valence-corrected chi connectivity index (χ1v) is 4.95. The summed E-state index contributed by atoms with van der Waals surface area (Å²) in [6, 6.07) is 5.93. The molecule has 0 aromatic carbocycles. The maximum atomic E-state index is 10.9. The quantitative estimate of drug-likeness (QED) is 0.741. The molecule has 0 spiro atoms. The second-order valence-corrected chi connectivity index (χ2v) is 3.26. The number of nitrogens with zero attached hydrogens (tertiary/aromatic N) is 1. The molecule has 1 aromatic rings. The van der Waals surface area contributed by atoms with Crippen LogP contribution in [0.5, 0.6) is 0 Å². The fraction of sp³-hybridized carbons (Fsp3) is 0.455. The summed E-state index contributed by atoms with van der Waals surface area (Å²) in [6.45, 7) is 2.62. The first-order valence-electron chi connectivity index (χ1n) is 4.95. The van der Waals surface area contributed by atoms with Crippen molar-refractivity contribution in [3.05, 3.63) is 30.1 Å². The zero-order valence-electron chi connectivity index (χ0n) is 9.06. The highest BCUT2D eigenvalue weighted by Gasteiger charge is 2.06. The molecule has 0 fully saturated rings. The minimum atomic E-state index is -0.198. The van der Waals surface area contributed by atoms with Crippen molar-refractivity contribution in [2.75, 3.05) is 13.7 Å². The number of methoxy groups -OCH3 is 1. The Morgan fingerprint density at radius 1 is 1.60 bits per heavy atom. The summed E-state index contributed by atoms with van der Waals surface area (Å²) in [6.07, 6.45) is 2.14. The Balaban J connectivity index is 2.31. The van der Waals surface area contributed by atoms with Crippen LogP contribution in [-0.4, -0.2) is 24.6 Å². The molecule has 1 N–H and O–H groups in total. The van der Waals surface area contributed by atoms with Gasteiger partial charge in [0.25, 0.3) is 0 Å². The molecule has 0 bridgehead atoms. The number of esters is 1. The summed E-state index contributed by atoms with van der Waals surface area (Å²) in [5.74, 6) is -0.198. The Hall–Kier alpha value is -1.42. The highest BCUT2D eigenvalue weighted by Crippen LogP contribution is 2.07. The van der Waals surface area contributed by atoms with Crippen molar-refractivity contribution in [2.45, 2.75) is 19.4 Å². The fourth-order valence-electron chi connectivity index (χ4n) is 1.23. The van der Waals surface area contributed by atoms with E-state index < -0.39 is 0 Å². The lowest BCUT2D eigenvalue weighted by molar-refractivity contribution is -0.140. The molecular formula is C11H16N2O2. The van der Waals surface area contributed by atoms with Crippen LogP contribution in [0.25, 0.3) is 0 Å². The van der Waals surface area contributed by atoms with E-state index in [1.807, 2.05) is 25.1 Å². The lowest BCUT2D eigenvalue weighted by Crippen LogP contribution is -2.23. The van der Waals surface area contributed by atoms with Crippen LogP contribution >= 0.6 is 0 Å². The third-order valence-electron chi connectivity index (χ3n) is 2.14. The number of pyridine rings is 1. The van der Waals surface area contributed by atoms with E-state index in [2.05, 4.69) is 15.0 Å². The summed E-state index contributed by atoms with van der Waals surface area (Å²) in [4.78, 5) is 15.1. The summed E-state index contributed by atoms with van der Waals surface area (Å²) in [7, 11) is 1.39. The third-order valence-corrected chi connectivity index (χ3v) is 2.14. The van der Waals surface area contributed by atoms with Crippen LogP contribution in [0.1, 0.15) is 25.1 Å². The van der Waals surface area contributed by atoms with Crippen molar-refractivity contribution < 1.29 is 9.53 Å². The highest BCUT2D eigenvalue weighted by atomic mass is 16.5. The van der Waals surface area contributed by atoms with E-state index in [1.54, 1.807) is 6.20 Å². The smallest absolute Gasteiger partial charge is 0.306 e. The molecule has 1 atom stereocenters. The maximum absolute atomic E-state index is 10.9. The van der Waals surface area contributed by atoms with Crippen LogP contribution in [0.2, 0.25) is 0 Å². The molecular weight excluding hydrogens is 192 g/mol. The Morgan fingerprint density at radius 2 is 2.40 bits per heavy atom. The fourth-order valence-corrected chi connectivity index (χ4v) is 1.23. The molecule has 0 aliphatic carbocycles. The summed E-state index contributed by atoms with van der Waals surface area (Å²) < 4.78 is 4.54. The molecule has 0 aliphatic heterocycles. The van der Waals surface area contributed by atoms with Crippen molar-refractivity contribution in [2.24, 2.45) is 0 Å². The molecule has 0 amide bonds. The molecule has 1 unspecified atom stereocenters. The van der Waals surface area contributed by atoms with E-state index in [0.717, 1.165) is 5.69 Å². The molecule has 4 nitrogen and oxygen atoms in total. The number of carbonyl (C=O) groups excluding carboxylic acids is 1. The second-order valence-electron chi connectivity index (χ2n) is 3.26. The van der Waals surface area contributed by atoms with Crippen molar-refractivity contribution in [3.63, 3.8) is 0 Å². The monoisotopic (exact) mass is 208 g/mol. The van der Waals surface area contributed by atoms with Gasteiger partial charge in [0.2, 0.25) is 0 Å². The van der Waals surface area contributed by atoms with Gasteiger partial charge in [0.1, 0.15) is 0 Å². The SMILES string of the molecule is COC(=O)CCNC(C)c1ccccn1. The first-order chi connectivity index (χ1) is 7.24. The number of hydrogen-bond donors (Lipinski definition) is 1. The van der Waals surface area contributed by atoms with E-state index in [4.69, 9.17) is 0 Å². The third kappa shape index (κ3) is 4.08. The maximum Gasteiger partial charge on any atom is 0.306 e. The summed E-state index contributed by atoms with van der Waals surface area (Å²) in [5.41, 5.74) is 0.974. The van der Waals surface area contributed by atoms with Crippen LogP contribution in [0.4, 0.5) is 0 Å². The number of ether oxygens (including phenoxy) is 1. The molecule has 0 aliphatic rings. The van der Waals surface area contributed by atoms with Crippen LogP contribution in [-0.2, 0) is 9.53 Å². The van der Waals surface area contributed by atoms with Crippen molar-refractivity contribution >= 4 is 5.97 Å². The molecule has 0 radical (unpaired) electrons. The first kappa shape index (κ1) is 11.7. The standard InChI is InChI=1S/C11H16N2O2/c1-9(10-5-3-4-7-13-10)12-8-6-11(14)15-2/h3-5,7,9,12H,6,8H2,1-2H3. The molecule has 15 heavy (non-hydrogen) atoms. The average molecular weight is 208 g/mol. The van der Waals surface area contributed by atoms with Gasteiger partial charge in [-0.3, -0.25) is 9.78 Å². The van der Waals surface area contributed by atoms with Crippen LogP contribution in [0.15, 0.2) is 24.4 Å². The Bertz CT molecular complexity index is 301. The van der Waals surface area contributed by atoms with Gasteiger partial charge >= 0.3 is 5.97 Å². The van der Waals surface area contributed by atoms with Gasteiger partial charge in [0, 0.05) is 18.8 Å². The topological polar surface area (TPSA) is 51.2 Å². The van der Waals surface area contributed by atoms with Crippen molar-refractivity contribution in [1.29, 1.82) is 0 Å². The van der Waals surface area contributed by atoms with E-state index in [0.29, 0.717) is 13.0 Å². The predicted octanol–water partition coefficient (Wildman–Crippen LogP) is 1.30. The van der Waals surface area contributed by atoms with Gasteiger partial charge in [-0.25, -0.2) is 0 Å². The highest BCUT2D eigenvalue weighted by molar-refractivity contribution is 5.69. The summed E-state index contributed by atoms with van der Waals surface area (Å²) in [5, 5.41) is 3.20. The van der Waals surface area contributed by atoms with Gasteiger partial charge in [-0.2, -0.15) is 0 Å². The van der Waals surface area contributed by atoms with Gasteiger partial charge in [0.05, 0.1) is 19.2 Å². The normalized spacial score (nSPS) is 12.1. The van der Waals surface area contributed by atoms with E-state index in [9.17, 15) is 4.79 Å². The molecule has 82 valence electrons. The lowest BCUT2D eigenvalue weighted by atomic mass is 10.2. The summed E-state index contributed by atoms with van der Waals surface area (Å²) >= 11 is 0.